The molecular weight excluding hydrogens is 299 g/mol. The zero-order valence-electron chi connectivity index (χ0n) is 12.0. The van der Waals surface area contributed by atoms with Gasteiger partial charge in [0.25, 0.3) is 0 Å². The minimum Gasteiger partial charge on any atom is -0.481 e. The minimum atomic E-state index is -4.52. The smallest absolute Gasteiger partial charge is 0.416 e. The molecule has 0 bridgehead atoms. The van der Waals surface area contributed by atoms with E-state index < -0.39 is 29.0 Å². The van der Waals surface area contributed by atoms with Gasteiger partial charge in [0.1, 0.15) is 0 Å². The van der Waals surface area contributed by atoms with Gasteiger partial charge in [-0.15, -0.1) is 0 Å². The largest absolute Gasteiger partial charge is 0.481 e. The quantitative estimate of drug-likeness (QED) is 0.932. The standard InChI is InChI=1S/C15H16F3NO3/c1-14(13(21)22)6-7-19(9-14)12(20)8-10-4-2-3-5-11(10)15(16,17)18/h2-5H,6-9H2,1H3,(H,21,22). The number of amides is 1. The molecule has 0 saturated carbocycles. The Morgan fingerprint density at radius 2 is 1.95 bits per heavy atom. The van der Waals surface area contributed by atoms with Crippen LogP contribution in [0.5, 0.6) is 0 Å². The zero-order chi connectivity index (χ0) is 16.5. The number of hydrogen-bond acceptors (Lipinski definition) is 2. The van der Waals surface area contributed by atoms with Crippen molar-refractivity contribution in [3.8, 4) is 0 Å². The number of carbonyl (C=O) groups is 2. The fourth-order valence-corrected chi connectivity index (χ4v) is 2.57. The topological polar surface area (TPSA) is 57.6 Å². The molecule has 1 amide bonds. The lowest BCUT2D eigenvalue weighted by atomic mass is 9.90. The number of rotatable bonds is 3. The van der Waals surface area contributed by atoms with Crippen LogP contribution in [-0.4, -0.2) is 35.0 Å². The first kappa shape index (κ1) is 16.3. The van der Waals surface area contributed by atoms with E-state index in [2.05, 4.69) is 0 Å². The van der Waals surface area contributed by atoms with Gasteiger partial charge in [-0.05, 0) is 25.0 Å². The number of alkyl halides is 3. The number of benzene rings is 1. The molecule has 4 nitrogen and oxygen atoms in total. The predicted octanol–water partition coefficient (Wildman–Crippen LogP) is 2.57. The van der Waals surface area contributed by atoms with Crippen molar-refractivity contribution in [2.24, 2.45) is 5.41 Å². The Hall–Kier alpha value is -2.05. The highest BCUT2D eigenvalue weighted by Gasteiger charge is 2.42. The van der Waals surface area contributed by atoms with Crippen LogP contribution in [0.1, 0.15) is 24.5 Å². The second kappa shape index (κ2) is 5.62. The summed E-state index contributed by atoms with van der Waals surface area (Å²) in [4.78, 5) is 24.6. The third-order valence-corrected chi connectivity index (χ3v) is 4.01. The fraction of sp³-hybridized carbons (Fsp3) is 0.467. The normalized spacial score (nSPS) is 21.9. The van der Waals surface area contributed by atoms with Gasteiger partial charge in [0.2, 0.25) is 5.91 Å². The van der Waals surface area contributed by atoms with Gasteiger partial charge in [-0.2, -0.15) is 13.2 Å². The van der Waals surface area contributed by atoms with Crippen molar-refractivity contribution in [3.63, 3.8) is 0 Å². The van der Waals surface area contributed by atoms with Gasteiger partial charge < -0.3 is 10.0 Å². The highest BCUT2D eigenvalue weighted by atomic mass is 19.4. The maximum atomic E-state index is 12.9. The van der Waals surface area contributed by atoms with E-state index in [1.807, 2.05) is 0 Å². The van der Waals surface area contributed by atoms with E-state index >= 15 is 0 Å². The van der Waals surface area contributed by atoms with E-state index in [9.17, 15) is 22.8 Å². The van der Waals surface area contributed by atoms with Crippen LogP contribution in [0.2, 0.25) is 0 Å². The Bertz CT molecular complexity index is 600. The molecule has 1 unspecified atom stereocenters. The number of halogens is 3. The Morgan fingerprint density at radius 3 is 2.50 bits per heavy atom. The lowest BCUT2D eigenvalue weighted by molar-refractivity contribution is -0.147. The molecule has 1 aliphatic heterocycles. The molecule has 1 aromatic rings. The number of carboxylic acids is 1. The summed E-state index contributed by atoms with van der Waals surface area (Å²) in [5, 5.41) is 9.13. The van der Waals surface area contributed by atoms with Gasteiger partial charge in [0.15, 0.2) is 0 Å². The van der Waals surface area contributed by atoms with Crippen LogP contribution >= 0.6 is 0 Å². The van der Waals surface area contributed by atoms with Crippen LogP contribution in [0.25, 0.3) is 0 Å². The van der Waals surface area contributed by atoms with Gasteiger partial charge in [-0.25, -0.2) is 0 Å². The minimum absolute atomic E-state index is 0.0232. The zero-order valence-corrected chi connectivity index (χ0v) is 12.0. The van der Waals surface area contributed by atoms with Crippen LogP contribution in [0.15, 0.2) is 24.3 Å². The van der Waals surface area contributed by atoms with Crippen molar-refractivity contribution in [2.45, 2.75) is 25.9 Å². The Morgan fingerprint density at radius 1 is 1.32 bits per heavy atom. The van der Waals surface area contributed by atoms with Crippen molar-refractivity contribution in [1.82, 2.24) is 4.90 Å². The molecule has 0 spiro atoms. The van der Waals surface area contributed by atoms with Crippen LogP contribution in [-0.2, 0) is 22.2 Å². The molecule has 0 radical (unpaired) electrons. The number of carbonyl (C=O) groups excluding carboxylic acids is 1. The number of likely N-dealkylation sites (tertiary alicyclic amines) is 1. The predicted molar refractivity (Wildman–Crippen MR) is 72.1 cm³/mol. The molecule has 1 saturated heterocycles. The summed E-state index contributed by atoms with van der Waals surface area (Å²) >= 11 is 0. The molecule has 120 valence electrons. The summed E-state index contributed by atoms with van der Waals surface area (Å²) in [5.74, 6) is -1.49. The van der Waals surface area contributed by atoms with Crippen LogP contribution in [0, 0.1) is 5.41 Å². The summed E-state index contributed by atoms with van der Waals surface area (Å²) in [6.07, 6.45) is -4.60. The van der Waals surface area contributed by atoms with Gasteiger partial charge in [-0.1, -0.05) is 18.2 Å². The lowest BCUT2D eigenvalue weighted by Gasteiger charge is -2.21. The van der Waals surface area contributed by atoms with Crippen LogP contribution < -0.4 is 0 Å². The average molecular weight is 315 g/mol. The summed E-state index contributed by atoms with van der Waals surface area (Å²) in [5.41, 5.74) is -1.95. The molecular formula is C15H16F3NO3. The fourth-order valence-electron chi connectivity index (χ4n) is 2.57. The highest BCUT2D eigenvalue weighted by Crippen LogP contribution is 2.33. The molecule has 1 aromatic carbocycles. The van der Waals surface area contributed by atoms with E-state index in [-0.39, 0.29) is 25.1 Å². The molecule has 0 aliphatic carbocycles. The van der Waals surface area contributed by atoms with E-state index in [1.165, 1.54) is 30.0 Å². The monoisotopic (exact) mass is 315 g/mol. The summed E-state index contributed by atoms with van der Waals surface area (Å²) in [6, 6.07) is 4.93. The molecule has 1 N–H and O–H groups in total. The number of carboxylic acid groups (broad SMARTS) is 1. The molecule has 0 aromatic heterocycles. The SMILES string of the molecule is CC1(C(=O)O)CCN(C(=O)Cc2ccccc2C(F)(F)F)C1. The maximum absolute atomic E-state index is 12.9. The molecule has 7 heteroatoms. The van der Waals surface area contributed by atoms with Crippen molar-refractivity contribution >= 4 is 11.9 Å². The van der Waals surface area contributed by atoms with Crippen LogP contribution in [0.4, 0.5) is 13.2 Å². The first-order valence-electron chi connectivity index (χ1n) is 6.80. The summed E-state index contributed by atoms with van der Waals surface area (Å²) in [7, 11) is 0. The first-order valence-corrected chi connectivity index (χ1v) is 6.80. The third-order valence-electron chi connectivity index (χ3n) is 4.01. The second-order valence-electron chi connectivity index (χ2n) is 5.76. The second-order valence-corrected chi connectivity index (χ2v) is 5.76. The average Bonchev–Trinajstić information content (AvgIpc) is 2.82. The van der Waals surface area contributed by atoms with Crippen molar-refractivity contribution in [3.05, 3.63) is 35.4 Å². The van der Waals surface area contributed by atoms with Gasteiger partial charge in [0.05, 0.1) is 17.4 Å². The van der Waals surface area contributed by atoms with Gasteiger partial charge in [0, 0.05) is 13.1 Å². The maximum Gasteiger partial charge on any atom is 0.416 e. The Balaban J connectivity index is 2.13. The summed E-state index contributed by atoms with van der Waals surface area (Å²) in [6.45, 7) is 1.80. The van der Waals surface area contributed by atoms with Gasteiger partial charge >= 0.3 is 12.1 Å². The van der Waals surface area contributed by atoms with E-state index in [4.69, 9.17) is 5.11 Å². The molecule has 1 atom stereocenters. The van der Waals surface area contributed by atoms with Gasteiger partial charge in [-0.3, -0.25) is 9.59 Å². The highest BCUT2D eigenvalue weighted by molar-refractivity contribution is 5.82. The lowest BCUT2D eigenvalue weighted by Crippen LogP contribution is -2.35. The third kappa shape index (κ3) is 3.23. The number of hydrogen-bond donors (Lipinski definition) is 1. The van der Waals surface area contributed by atoms with E-state index in [0.717, 1.165) is 6.07 Å². The van der Waals surface area contributed by atoms with Crippen molar-refractivity contribution in [2.75, 3.05) is 13.1 Å². The number of nitrogens with zero attached hydrogens (tertiary/aromatic N) is 1. The Kier molecular flexibility index (Phi) is 4.17. The molecule has 1 heterocycles. The van der Waals surface area contributed by atoms with Crippen LogP contribution in [0.3, 0.4) is 0 Å². The molecule has 22 heavy (non-hydrogen) atoms. The van der Waals surface area contributed by atoms with Crippen molar-refractivity contribution in [1.29, 1.82) is 0 Å². The molecule has 1 aliphatic rings. The molecule has 2 rings (SSSR count). The van der Waals surface area contributed by atoms with E-state index in [0.29, 0.717) is 6.42 Å². The Labute approximate surface area is 125 Å². The van der Waals surface area contributed by atoms with Crippen molar-refractivity contribution < 1.29 is 27.9 Å². The number of aliphatic carboxylic acids is 1. The molecule has 1 fully saturated rings. The first-order chi connectivity index (χ1) is 10.1. The van der Waals surface area contributed by atoms with E-state index in [1.54, 1.807) is 0 Å². The summed E-state index contributed by atoms with van der Waals surface area (Å²) < 4.78 is 38.7.